The van der Waals surface area contributed by atoms with Crippen molar-refractivity contribution >= 4 is 29.0 Å². The van der Waals surface area contributed by atoms with Gasteiger partial charge in [-0.05, 0) is 55.5 Å². The van der Waals surface area contributed by atoms with E-state index in [1.807, 2.05) is 6.92 Å². The molecule has 1 aromatic carbocycles. The zero-order chi connectivity index (χ0) is 18.5. The third-order valence-electron chi connectivity index (χ3n) is 5.33. The van der Waals surface area contributed by atoms with Gasteiger partial charge in [-0.25, -0.2) is 4.39 Å². The molecule has 1 aliphatic heterocycles. The lowest BCUT2D eigenvalue weighted by molar-refractivity contribution is -0.132. The Morgan fingerprint density at radius 1 is 1.31 bits per heavy atom. The number of ketones is 1. The van der Waals surface area contributed by atoms with Crippen molar-refractivity contribution in [2.75, 3.05) is 6.61 Å². The van der Waals surface area contributed by atoms with Crippen LogP contribution in [0.3, 0.4) is 0 Å². The third-order valence-corrected chi connectivity index (χ3v) is 5.91. The monoisotopic (exact) mass is 393 g/mol. The predicted octanol–water partition coefficient (Wildman–Crippen LogP) is 5.08. The van der Waals surface area contributed by atoms with Crippen LogP contribution in [-0.2, 0) is 27.2 Å². The summed E-state index contributed by atoms with van der Waals surface area (Å²) in [5.41, 5.74) is 0.0525. The molecule has 26 heavy (non-hydrogen) atoms. The van der Waals surface area contributed by atoms with Gasteiger partial charge in [0.25, 0.3) is 0 Å². The largest absolute Gasteiger partial charge is 0.363 e. The van der Waals surface area contributed by atoms with Crippen LogP contribution in [0.1, 0.15) is 41.6 Å². The summed E-state index contributed by atoms with van der Waals surface area (Å²) in [5, 5.41) is 1.02. The summed E-state index contributed by atoms with van der Waals surface area (Å²) < 4.78 is 21.4. The van der Waals surface area contributed by atoms with Crippen molar-refractivity contribution in [3.63, 3.8) is 0 Å². The molecular formula is C20H18Cl2FNO2. The molecule has 0 radical (unpaired) electrons. The van der Waals surface area contributed by atoms with Crippen LogP contribution in [0.15, 0.2) is 30.5 Å². The number of carbonyl (C=O) groups excluding carboxylic acids is 1. The number of hydrogen-bond acceptors (Lipinski definition) is 3. The van der Waals surface area contributed by atoms with Crippen LogP contribution in [0.2, 0.25) is 10.0 Å². The average Bonchev–Trinajstić information content (AvgIpc) is 3.38. The number of aryl methyl sites for hydroxylation is 2. The van der Waals surface area contributed by atoms with Crippen LogP contribution in [0.4, 0.5) is 4.39 Å². The molecule has 1 fully saturated rings. The second-order valence-corrected chi connectivity index (χ2v) is 8.00. The highest BCUT2D eigenvalue weighted by atomic mass is 35.5. The number of aromatic nitrogens is 1. The van der Waals surface area contributed by atoms with E-state index in [0.717, 1.165) is 11.1 Å². The van der Waals surface area contributed by atoms with E-state index in [1.165, 1.54) is 0 Å². The number of epoxide rings is 1. The lowest BCUT2D eigenvalue weighted by Crippen LogP contribution is -2.39. The number of rotatable bonds is 4. The molecule has 2 atom stereocenters. The van der Waals surface area contributed by atoms with Gasteiger partial charge < -0.3 is 4.74 Å². The number of hydrogen-bond donors (Lipinski definition) is 0. The van der Waals surface area contributed by atoms with Gasteiger partial charge in [0, 0.05) is 28.2 Å². The molecule has 1 spiro atoms. The van der Waals surface area contributed by atoms with Crippen molar-refractivity contribution in [1.82, 2.24) is 4.98 Å². The van der Waals surface area contributed by atoms with Crippen LogP contribution in [0, 0.1) is 6.92 Å². The van der Waals surface area contributed by atoms with Gasteiger partial charge in [-0.3, -0.25) is 9.78 Å². The van der Waals surface area contributed by atoms with E-state index >= 15 is 4.39 Å². The number of benzene rings is 1. The van der Waals surface area contributed by atoms with E-state index < -0.39 is 17.1 Å². The first-order valence-corrected chi connectivity index (χ1v) is 9.37. The van der Waals surface area contributed by atoms with Gasteiger partial charge in [0.2, 0.25) is 0 Å². The SMILES string of the molecule is Cc1cnc2c(c1)[C@](F)(C(=O)CCc1ccc(Cl)cc1Cl)CC[C@@]21CO1. The third kappa shape index (κ3) is 2.94. The normalized spacial score (nSPS) is 26.6. The smallest absolute Gasteiger partial charge is 0.195 e. The Bertz CT molecular complexity index is 897. The number of Topliss-reactive ketones (excluding diaryl/α,β-unsaturated/α-hetero) is 1. The first kappa shape index (κ1) is 17.9. The number of alkyl halides is 1. The summed E-state index contributed by atoms with van der Waals surface area (Å²) in [4.78, 5) is 17.3. The first-order chi connectivity index (χ1) is 12.3. The molecule has 1 aliphatic carbocycles. The molecule has 0 unspecified atom stereocenters. The molecule has 6 heteroatoms. The van der Waals surface area contributed by atoms with Crippen LogP contribution in [-0.4, -0.2) is 17.4 Å². The molecule has 136 valence electrons. The van der Waals surface area contributed by atoms with Crippen molar-refractivity contribution in [1.29, 1.82) is 0 Å². The lowest BCUT2D eigenvalue weighted by atomic mass is 9.74. The van der Waals surface area contributed by atoms with Crippen molar-refractivity contribution < 1.29 is 13.9 Å². The molecular weight excluding hydrogens is 376 g/mol. The maximum Gasteiger partial charge on any atom is 0.195 e. The van der Waals surface area contributed by atoms with E-state index in [9.17, 15) is 4.79 Å². The van der Waals surface area contributed by atoms with Crippen LogP contribution in [0.25, 0.3) is 0 Å². The van der Waals surface area contributed by atoms with Gasteiger partial charge in [-0.2, -0.15) is 0 Å². The second kappa shape index (κ2) is 6.29. The van der Waals surface area contributed by atoms with Gasteiger partial charge in [0.05, 0.1) is 12.3 Å². The number of ether oxygens (including phenoxy) is 1. The van der Waals surface area contributed by atoms with Gasteiger partial charge in [0.15, 0.2) is 11.5 Å². The number of carbonyl (C=O) groups is 1. The van der Waals surface area contributed by atoms with E-state index in [4.69, 9.17) is 27.9 Å². The summed E-state index contributed by atoms with van der Waals surface area (Å²) >= 11 is 12.1. The Morgan fingerprint density at radius 2 is 2.08 bits per heavy atom. The Balaban J connectivity index is 1.60. The highest BCUT2D eigenvalue weighted by molar-refractivity contribution is 6.35. The van der Waals surface area contributed by atoms with Crippen molar-refractivity contribution in [2.45, 2.75) is 43.9 Å². The number of pyridine rings is 1. The van der Waals surface area contributed by atoms with Gasteiger partial charge in [-0.15, -0.1) is 0 Å². The molecule has 2 aliphatic rings. The molecule has 2 aromatic rings. The fourth-order valence-electron chi connectivity index (χ4n) is 3.69. The van der Waals surface area contributed by atoms with Crippen LogP contribution < -0.4 is 0 Å². The molecule has 0 saturated carbocycles. The van der Waals surface area contributed by atoms with Crippen LogP contribution in [0.5, 0.6) is 0 Å². The Labute approximate surface area is 161 Å². The Hall–Kier alpha value is -1.49. The number of nitrogens with zero attached hydrogens (tertiary/aromatic N) is 1. The van der Waals surface area contributed by atoms with Crippen LogP contribution >= 0.6 is 23.2 Å². The van der Waals surface area contributed by atoms with Gasteiger partial charge >= 0.3 is 0 Å². The Kier molecular flexibility index (Phi) is 4.33. The van der Waals surface area contributed by atoms with E-state index in [1.54, 1.807) is 30.5 Å². The molecule has 1 aromatic heterocycles. The zero-order valence-corrected chi connectivity index (χ0v) is 15.8. The molecule has 1 saturated heterocycles. The summed E-state index contributed by atoms with van der Waals surface area (Å²) in [5.74, 6) is -0.437. The molecule has 3 nitrogen and oxygen atoms in total. The van der Waals surface area contributed by atoms with E-state index in [2.05, 4.69) is 4.98 Å². The first-order valence-electron chi connectivity index (χ1n) is 8.62. The summed E-state index contributed by atoms with van der Waals surface area (Å²) in [6, 6.07) is 6.86. The highest BCUT2D eigenvalue weighted by Crippen LogP contribution is 2.53. The quantitative estimate of drug-likeness (QED) is 0.679. The minimum Gasteiger partial charge on any atom is -0.363 e. The maximum atomic E-state index is 15.9. The standard InChI is InChI=1S/C20H18Cl2FNO2/c1-12-8-15-18(24-10-12)19(11-26-19)6-7-20(15,23)17(25)5-3-13-2-4-14(21)9-16(13)22/h2,4,8-10H,3,5-7,11H2,1H3/t19-,20+/m1/s1. The summed E-state index contributed by atoms with van der Waals surface area (Å²) in [7, 11) is 0. The lowest BCUT2D eigenvalue weighted by Gasteiger charge is -2.33. The van der Waals surface area contributed by atoms with Crippen molar-refractivity contribution in [2.24, 2.45) is 0 Å². The Morgan fingerprint density at radius 3 is 2.77 bits per heavy atom. The van der Waals surface area contributed by atoms with Crippen molar-refractivity contribution in [3.05, 3.63) is 62.9 Å². The number of halogens is 3. The molecule has 4 rings (SSSR count). The van der Waals surface area contributed by atoms with E-state index in [-0.39, 0.29) is 12.8 Å². The minimum atomic E-state index is -2.02. The second-order valence-electron chi connectivity index (χ2n) is 7.15. The minimum absolute atomic E-state index is 0.0685. The van der Waals surface area contributed by atoms with Gasteiger partial charge in [-0.1, -0.05) is 29.3 Å². The summed E-state index contributed by atoms with van der Waals surface area (Å²) in [6.07, 6.45) is 2.74. The van der Waals surface area contributed by atoms with Gasteiger partial charge in [0.1, 0.15) is 5.60 Å². The molecule has 0 bridgehead atoms. The molecule has 0 N–H and O–H groups in total. The molecule has 0 amide bonds. The zero-order valence-electron chi connectivity index (χ0n) is 14.3. The fraction of sp³-hybridized carbons (Fsp3) is 0.400. The predicted molar refractivity (Wildman–Crippen MR) is 98.4 cm³/mol. The maximum absolute atomic E-state index is 15.9. The molecule has 2 heterocycles. The van der Waals surface area contributed by atoms with Crippen molar-refractivity contribution in [3.8, 4) is 0 Å². The summed E-state index contributed by atoms with van der Waals surface area (Å²) in [6.45, 7) is 2.39. The number of fused-ring (bicyclic) bond motifs is 2. The van der Waals surface area contributed by atoms with E-state index in [0.29, 0.717) is 40.8 Å². The average molecular weight is 394 g/mol. The highest BCUT2D eigenvalue weighted by Gasteiger charge is 2.58. The fourth-order valence-corrected chi connectivity index (χ4v) is 4.19. The topological polar surface area (TPSA) is 42.5 Å².